The number of alkyl halides is 1. The van der Waals surface area contributed by atoms with Gasteiger partial charge in [-0.15, -0.1) is 0 Å². The second kappa shape index (κ2) is 10.3. The summed E-state index contributed by atoms with van der Waals surface area (Å²) in [7, 11) is 2.59. The van der Waals surface area contributed by atoms with Crippen molar-refractivity contribution in [2.45, 2.75) is 13.5 Å². The second-order valence-corrected chi connectivity index (χ2v) is 5.94. The third kappa shape index (κ3) is 5.23. The second-order valence-electron chi connectivity index (χ2n) is 5.72. The van der Waals surface area contributed by atoms with Gasteiger partial charge in [-0.05, 0) is 24.1 Å². The zero-order valence-corrected chi connectivity index (χ0v) is 16.6. The largest absolute Gasteiger partial charge is 0.489 e. The van der Waals surface area contributed by atoms with Crippen molar-refractivity contribution in [2.24, 2.45) is 5.16 Å². The SMILES string of the molecule is CO/N=C(/C(=O)N(C)C(=O)OCCl)c1ccccc1COc1ccccc1C. The van der Waals surface area contributed by atoms with Gasteiger partial charge in [0.05, 0.1) is 0 Å². The third-order valence-electron chi connectivity index (χ3n) is 3.89. The molecule has 148 valence electrons. The maximum Gasteiger partial charge on any atom is 0.417 e. The molecule has 0 aromatic heterocycles. The number of aryl methyl sites for hydroxylation is 1. The van der Waals surface area contributed by atoms with Gasteiger partial charge in [-0.25, -0.2) is 9.69 Å². The number of halogens is 1. The van der Waals surface area contributed by atoms with E-state index < -0.39 is 12.0 Å². The summed E-state index contributed by atoms with van der Waals surface area (Å²) in [4.78, 5) is 30.2. The molecular formula is C20H21ClN2O5. The van der Waals surface area contributed by atoms with Crippen LogP contribution in [0.4, 0.5) is 4.79 Å². The van der Waals surface area contributed by atoms with Crippen molar-refractivity contribution in [3.63, 3.8) is 0 Å². The van der Waals surface area contributed by atoms with Gasteiger partial charge in [0.1, 0.15) is 19.5 Å². The van der Waals surface area contributed by atoms with Crippen molar-refractivity contribution in [2.75, 3.05) is 20.2 Å². The number of imide groups is 1. The van der Waals surface area contributed by atoms with Crippen molar-refractivity contribution in [1.29, 1.82) is 0 Å². The fourth-order valence-electron chi connectivity index (χ4n) is 2.43. The number of nitrogens with zero attached hydrogens (tertiary/aromatic N) is 2. The molecule has 0 heterocycles. The summed E-state index contributed by atoms with van der Waals surface area (Å²) in [6.45, 7) is 2.15. The molecular weight excluding hydrogens is 384 g/mol. The molecule has 0 unspecified atom stereocenters. The fraction of sp³-hybridized carbons (Fsp3) is 0.250. The Balaban J connectivity index is 2.30. The highest BCUT2D eigenvalue weighted by Gasteiger charge is 2.27. The standard InChI is InChI=1S/C20H21ClN2O5/c1-14-8-4-7-11-17(14)27-12-15-9-5-6-10-16(15)18(22-26-3)19(24)23(2)20(25)28-13-21/h4-11H,12-13H2,1-3H3/b22-18+. The van der Waals surface area contributed by atoms with Crippen LogP contribution < -0.4 is 4.74 Å². The van der Waals surface area contributed by atoms with Crippen LogP contribution in [0.15, 0.2) is 53.7 Å². The van der Waals surface area contributed by atoms with Gasteiger partial charge in [0, 0.05) is 12.6 Å². The van der Waals surface area contributed by atoms with Crippen molar-refractivity contribution in [3.8, 4) is 5.75 Å². The summed E-state index contributed by atoms with van der Waals surface area (Å²) < 4.78 is 10.5. The first-order chi connectivity index (χ1) is 13.5. The quantitative estimate of drug-likeness (QED) is 0.399. The molecule has 0 spiro atoms. The van der Waals surface area contributed by atoms with E-state index in [0.29, 0.717) is 11.1 Å². The van der Waals surface area contributed by atoms with Crippen LogP contribution in [-0.2, 0) is 21.0 Å². The molecule has 0 fully saturated rings. The van der Waals surface area contributed by atoms with E-state index in [2.05, 4.69) is 9.89 Å². The molecule has 2 aromatic carbocycles. The smallest absolute Gasteiger partial charge is 0.417 e. The lowest BCUT2D eigenvalue weighted by Crippen LogP contribution is -2.39. The van der Waals surface area contributed by atoms with Gasteiger partial charge < -0.3 is 14.3 Å². The highest BCUT2D eigenvalue weighted by Crippen LogP contribution is 2.20. The monoisotopic (exact) mass is 404 g/mol. The lowest BCUT2D eigenvalue weighted by atomic mass is 10.0. The maximum absolute atomic E-state index is 12.8. The molecule has 28 heavy (non-hydrogen) atoms. The van der Waals surface area contributed by atoms with Crippen LogP contribution in [0.2, 0.25) is 0 Å². The number of ether oxygens (including phenoxy) is 2. The Labute approximate surface area is 168 Å². The number of para-hydroxylation sites is 1. The number of hydrogen-bond donors (Lipinski definition) is 0. The van der Waals surface area contributed by atoms with Crippen molar-refractivity contribution in [1.82, 2.24) is 4.90 Å². The van der Waals surface area contributed by atoms with Crippen LogP contribution in [0.5, 0.6) is 5.75 Å². The predicted octanol–water partition coefficient (Wildman–Crippen LogP) is 3.72. The molecule has 2 amide bonds. The van der Waals surface area contributed by atoms with E-state index in [4.69, 9.17) is 21.2 Å². The number of benzene rings is 2. The molecule has 0 atom stereocenters. The first-order valence-electron chi connectivity index (χ1n) is 8.38. The summed E-state index contributed by atoms with van der Waals surface area (Å²) in [6.07, 6.45) is -0.891. The van der Waals surface area contributed by atoms with Gasteiger partial charge >= 0.3 is 6.09 Å². The van der Waals surface area contributed by atoms with Gasteiger partial charge in [-0.1, -0.05) is 59.2 Å². The molecule has 0 aliphatic heterocycles. The summed E-state index contributed by atoms with van der Waals surface area (Å²) in [5.74, 6) is 0.0389. The van der Waals surface area contributed by atoms with Crippen LogP contribution in [0.25, 0.3) is 0 Å². The molecule has 7 nitrogen and oxygen atoms in total. The molecule has 0 N–H and O–H groups in total. The van der Waals surface area contributed by atoms with Crippen molar-refractivity contribution in [3.05, 3.63) is 65.2 Å². The van der Waals surface area contributed by atoms with Gasteiger partial charge in [0.2, 0.25) is 0 Å². The molecule has 0 radical (unpaired) electrons. The Morgan fingerprint density at radius 1 is 1.11 bits per heavy atom. The van der Waals surface area contributed by atoms with E-state index in [9.17, 15) is 9.59 Å². The first-order valence-corrected chi connectivity index (χ1v) is 8.91. The highest BCUT2D eigenvalue weighted by atomic mass is 35.5. The molecule has 0 bridgehead atoms. The first kappa shape index (κ1) is 21.2. The summed E-state index contributed by atoms with van der Waals surface area (Å²) in [6, 6.07) is 14.3. The Morgan fingerprint density at radius 3 is 2.46 bits per heavy atom. The van der Waals surface area contributed by atoms with Gasteiger partial charge in [0.15, 0.2) is 11.8 Å². The van der Waals surface area contributed by atoms with Crippen molar-refractivity contribution >= 4 is 29.3 Å². The van der Waals surface area contributed by atoms with E-state index >= 15 is 0 Å². The molecule has 0 aliphatic carbocycles. The number of oxime groups is 1. The Morgan fingerprint density at radius 2 is 1.79 bits per heavy atom. The Kier molecular flexibility index (Phi) is 7.83. The Hall–Kier alpha value is -3.06. The molecule has 8 heteroatoms. The number of amides is 2. The number of hydrogen-bond acceptors (Lipinski definition) is 6. The topological polar surface area (TPSA) is 77.4 Å². The molecule has 0 aliphatic rings. The summed E-state index contributed by atoms with van der Waals surface area (Å²) in [5, 5.41) is 3.82. The molecule has 2 aromatic rings. The lowest BCUT2D eigenvalue weighted by Gasteiger charge is -2.17. The van der Waals surface area contributed by atoms with Crippen LogP contribution in [-0.4, -0.2) is 42.8 Å². The minimum Gasteiger partial charge on any atom is -0.489 e. The highest BCUT2D eigenvalue weighted by molar-refractivity contribution is 6.47. The fourth-order valence-corrected chi connectivity index (χ4v) is 2.52. The summed E-state index contributed by atoms with van der Waals surface area (Å²) >= 11 is 5.39. The maximum atomic E-state index is 12.8. The van der Waals surface area contributed by atoms with Crippen LogP contribution in [0, 0.1) is 6.92 Å². The average molecular weight is 405 g/mol. The van der Waals surface area contributed by atoms with E-state index in [1.165, 1.54) is 14.2 Å². The number of carbonyl (C=O) groups is 2. The van der Waals surface area contributed by atoms with Gasteiger partial charge in [-0.2, -0.15) is 0 Å². The van der Waals surface area contributed by atoms with Crippen LogP contribution in [0.1, 0.15) is 16.7 Å². The number of carbonyl (C=O) groups excluding carboxylic acids is 2. The molecule has 2 rings (SSSR count). The minimum atomic E-state index is -0.891. The van der Waals surface area contributed by atoms with E-state index in [1.54, 1.807) is 12.1 Å². The van der Waals surface area contributed by atoms with E-state index in [1.807, 2.05) is 43.3 Å². The normalized spacial score (nSPS) is 10.9. The minimum absolute atomic E-state index is 0.0551. The predicted molar refractivity (Wildman–Crippen MR) is 105 cm³/mol. The Bertz CT molecular complexity index is 869. The van der Waals surface area contributed by atoms with E-state index in [-0.39, 0.29) is 18.4 Å². The van der Waals surface area contributed by atoms with Crippen molar-refractivity contribution < 1.29 is 23.9 Å². The third-order valence-corrected chi connectivity index (χ3v) is 4.00. The number of rotatable bonds is 7. The van der Waals surface area contributed by atoms with Crippen LogP contribution in [0.3, 0.4) is 0 Å². The van der Waals surface area contributed by atoms with E-state index in [0.717, 1.165) is 16.2 Å². The van der Waals surface area contributed by atoms with Gasteiger partial charge in [-0.3, -0.25) is 4.79 Å². The summed E-state index contributed by atoms with van der Waals surface area (Å²) in [5.41, 5.74) is 2.12. The molecule has 0 saturated carbocycles. The zero-order valence-electron chi connectivity index (χ0n) is 15.8. The average Bonchev–Trinajstić information content (AvgIpc) is 2.71. The van der Waals surface area contributed by atoms with Crippen LogP contribution >= 0.6 is 11.6 Å². The number of likely N-dealkylation sites (N-methyl/N-ethyl adjacent to an activating group) is 1. The lowest BCUT2D eigenvalue weighted by molar-refractivity contribution is -0.121. The molecule has 0 saturated heterocycles. The zero-order chi connectivity index (χ0) is 20.5. The van der Waals surface area contributed by atoms with Gasteiger partial charge in [0.25, 0.3) is 5.91 Å².